The lowest BCUT2D eigenvalue weighted by Crippen LogP contribution is -2.33. The molecular formula is C25H23ClN2O2S. The van der Waals surface area contributed by atoms with E-state index in [0.29, 0.717) is 22.7 Å². The molecule has 4 rings (SSSR count). The van der Waals surface area contributed by atoms with Crippen LogP contribution in [-0.4, -0.2) is 17.9 Å². The number of carbonyl (C=O) groups excluding carboxylic acids is 2. The molecule has 0 radical (unpaired) electrons. The summed E-state index contributed by atoms with van der Waals surface area (Å²) in [6.45, 7) is 4.39. The molecule has 1 heterocycles. The van der Waals surface area contributed by atoms with Gasteiger partial charge in [0.15, 0.2) is 0 Å². The minimum atomic E-state index is -0.136. The molecule has 1 aliphatic heterocycles. The van der Waals surface area contributed by atoms with Gasteiger partial charge in [0.2, 0.25) is 0 Å². The normalized spacial score (nSPS) is 13.8. The summed E-state index contributed by atoms with van der Waals surface area (Å²) in [4.78, 5) is 29.9. The van der Waals surface area contributed by atoms with E-state index in [1.54, 1.807) is 16.7 Å². The van der Waals surface area contributed by atoms with E-state index in [0.717, 1.165) is 27.5 Å². The number of anilines is 1. The second-order valence-corrected chi connectivity index (χ2v) is 9.10. The van der Waals surface area contributed by atoms with Crippen molar-refractivity contribution in [2.75, 3.05) is 4.90 Å². The molecule has 4 nitrogen and oxygen atoms in total. The van der Waals surface area contributed by atoms with E-state index < -0.39 is 0 Å². The van der Waals surface area contributed by atoms with Crippen LogP contribution in [0.2, 0.25) is 5.02 Å². The van der Waals surface area contributed by atoms with E-state index in [9.17, 15) is 9.59 Å². The Morgan fingerprint density at radius 1 is 1.06 bits per heavy atom. The smallest absolute Gasteiger partial charge is 0.259 e. The quantitative estimate of drug-likeness (QED) is 0.505. The number of nitrogens with one attached hydrogen (secondary N) is 1. The summed E-state index contributed by atoms with van der Waals surface area (Å²) in [5.41, 5.74) is 2.89. The zero-order valence-corrected chi connectivity index (χ0v) is 19.0. The van der Waals surface area contributed by atoms with Gasteiger partial charge in [0, 0.05) is 26.4 Å². The van der Waals surface area contributed by atoms with Crippen LogP contribution in [0, 0.1) is 0 Å². The Morgan fingerprint density at radius 2 is 1.81 bits per heavy atom. The van der Waals surface area contributed by atoms with Crippen molar-refractivity contribution < 1.29 is 9.59 Å². The zero-order valence-electron chi connectivity index (χ0n) is 17.4. The van der Waals surface area contributed by atoms with Crippen molar-refractivity contribution in [3.63, 3.8) is 0 Å². The molecule has 0 saturated carbocycles. The van der Waals surface area contributed by atoms with Crippen molar-refractivity contribution in [2.45, 2.75) is 42.6 Å². The number of carbonyl (C=O) groups is 2. The third-order valence-corrected chi connectivity index (χ3v) is 6.73. The van der Waals surface area contributed by atoms with Crippen LogP contribution < -0.4 is 10.2 Å². The molecule has 0 aliphatic carbocycles. The maximum Gasteiger partial charge on any atom is 0.259 e. The van der Waals surface area contributed by atoms with Gasteiger partial charge in [-0.3, -0.25) is 9.59 Å². The van der Waals surface area contributed by atoms with E-state index in [-0.39, 0.29) is 17.9 Å². The molecule has 1 atom stereocenters. The molecular weight excluding hydrogens is 428 g/mol. The van der Waals surface area contributed by atoms with Gasteiger partial charge in [-0.2, -0.15) is 0 Å². The van der Waals surface area contributed by atoms with E-state index >= 15 is 0 Å². The van der Waals surface area contributed by atoms with Crippen molar-refractivity contribution >= 4 is 40.9 Å². The summed E-state index contributed by atoms with van der Waals surface area (Å²) in [5.74, 6) is -0.223. The number of fused-ring (bicyclic) bond motifs is 2. The van der Waals surface area contributed by atoms with Crippen LogP contribution in [0.25, 0.3) is 0 Å². The van der Waals surface area contributed by atoms with Crippen molar-refractivity contribution in [3.05, 3.63) is 88.4 Å². The van der Waals surface area contributed by atoms with Crippen LogP contribution >= 0.6 is 23.4 Å². The van der Waals surface area contributed by atoms with Crippen LogP contribution in [-0.2, 0) is 6.54 Å². The first-order valence-corrected chi connectivity index (χ1v) is 11.4. The van der Waals surface area contributed by atoms with Gasteiger partial charge in [0.05, 0.1) is 17.8 Å². The maximum atomic E-state index is 13.6. The molecule has 1 aliphatic rings. The Morgan fingerprint density at radius 3 is 2.55 bits per heavy atom. The Labute approximate surface area is 191 Å². The largest absolute Gasteiger partial charge is 0.350 e. The number of rotatable bonds is 5. The molecule has 0 aromatic heterocycles. The minimum absolute atomic E-state index is 0.0803. The third kappa shape index (κ3) is 4.63. The van der Waals surface area contributed by atoms with E-state index in [2.05, 4.69) is 5.32 Å². The zero-order chi connectivity index (χ0) is 22.0. The fourth-order valence-electron chi connectivity index (χ4n) is 3.40. The molecule has 3 aromatic carbocycles. The summed E-state index contributed by atoms with van der Waals surface area (Å²) in [6.07, 6.45) is 0.850. The van der Waals surface area contributed by atoms with Crippen molar-refractivity contribution in [1.29, 1.82) is 0 Å². The Hall–Kier alpha value is -2.76. The van der Waals surface area contributed by atoms with Crippen LogP contribution in [0.1, 0.15) is 46.5 Å². The van der Waals surface area contributed by atoms with Gasteiger partial charge in [-0.1, -0.05) is 54.6 Å². The van der Waals surface area contributed by atoms with Gasteiger partial charge in [0.25, 0.3) is 11.8 Å². The molecule has 0 saturated heterocycles. The summed E-state index contributed by atoms with van der Waals surface area (Å²) in [5, 5.41) is 3.65. The fourth-order valence-corrected chi connectivity index (χ4v) is 4.58. The lowest BCUT2D eigenvalue weighted by Gasteiger charge is -2.24. The highest BCUT2D eigenvalue weighted by Gasteiger charge is 2.28. The Bertz CT molecular complexity index is 1130. The molecule has 0 spiro atoms. The molecule has 0 fully saturated rings. The second-order valence-electron chi connectivity index (χ2n) is 7.58. The molecule has 3 aromatic rings. The number of nitrogens with zero attached hydrogens (tertiary/aromatic N) is 1. The van der Waals surface area contributed by atoms with E-state index in [1.165, 1.54) is 0 Å². The van der Waals surface area contributed by atoms with Crippen LogP contribution in [0.3, 0.4) is 0 Å². The van der Waals surface area contributed by atoms with Gasteiger partial charge in [0.1, 0.15) is 0 Å². The highest BCUT2D eigenvalue weighted by atomic mass is 35.5. The second kappa shape index (κ2) is 9.16. The van der Waals surface area contributed by atoms with Crippen molar-refractivity contribution in [3.8, 4) is 0 Å². The van der Waals surface area contributed by atoms with Crippen LogP contribution in [0.15, 0.2) is 76.5 Å². The van der Waals surface area contributed by atoms with Crippen LogP contribution in [0.5, 0.6) is 0 Å². The van der Waals surface area contributed by atoms with E-state index in [4.69, 9.17) is 11.6 Å². The first-order chi connectivity index (χ1) is 15.0. The molecule has 1 N–H and O–H groups in total. The summed E-state index contributed by atoms with van der Waals surface area (Å²) in [7, 11) is 0. The van der Waals surface area contributed by atoms with Gasteiger partial charge in [-0.25, -0.2) is 0 Å². The SMILES string of the molecule is CCC(C)NC(=O)c1ccc2c(c1)N(Cc1ccc(Cl)cc1)C(=O)c1ccccc1S2. The monoisotopic (exact) mass is 450 g/mol. The number of amides is 2. The van der Waals surface area contributed by atoms with Gasteiger partial charge < -0.3 is 10.2 Å². The molecule has 6 heteroatoms. The standard InChI is InChI=1S/C25H23ClN2O2S/c1-3-16(2)27-24(29)18-10-13-23-21(14-18)28(15-17-8-11-19(26)12-9-17)25(30)20-6-4-5-7-22(20)31-23/h4-14,16H,3,15H2,1-2H3,(H,27,29). The van der Waals surface area contributed by atoms with Crippen molar-refractivity contribution in [1.82, 2.24) is 5.32 Å². The first kappa shape index (κ1) is 21.5. The predicted octanol–water partition coefficient (Wildman–Crippen LogP) is 6.18. The Balaban J connectivity index is 1.78. The highest BCUT2D eigenvalue weighted by molar-refractivity contribution is 7.99. The molecule has 2 amide bonds. The van der Waals surface area contributed by atoms with Gasteiger partial charge >= 0.3 is 0 Å². The highest BCUT2D eigenvalue weighted by Crippen LogP contribution is 2.42. The average molecular weight is 451 g/mol. The summed E-state index contributed by atoms with van der Waals surface area (Å²) >= 11 is 7.59. The maximum absolute atomic E-state index is 13.6. The average Bonchev–Trinajstić information content (AvgIpc) is 2.89. The number of hydrogen-bond acceptors (Lipinski definition) is 3. The predicted molar refractivity (Wildman–Crippen MR) is 126 cm³/mol. The van der Waals surface area contributed by atoms with Gasteiger partial charge in [-0.05, 0) is 61.4 Å². The lowest BCUT2D eigenvalue weighted by atomic mass is 10.1. The Kier molecular flexibility index (Phi) is 6.35. The minimum Gasteiger partial charge on any atom is -0.350 e. The third-order valence-electron chi connectivity index (χ3n) is 5.34. The molecule has 158 valence electrons. The number of halogens is 1. The lowest BCUT2D eigenvalue weighted by molar-refractivity contribution is 0.0936. The van der Waals surface area contributed by atoms with E-state index in [1.807, 2.05) is 80.6 Å². The molecule has 1 unspecified atom stereocenters. The summed E-state index contributed by atoms with van der Waals surface area (Å²) < 4.78 is 0. The fraction of sp³-hybridized carbons (Fsp3) is 0.200. The van der Waals surface area contributed by atoms with Crippen molar-refractivity contribution in [2.24, 2.45) is 0 Å². The van der Waals surface area contributed by atoms with Crippen LogP contribution in [0.4, 0.5) is 5.69 Å². The molecule has 31 heavy (non-hydrogen) atoms. The number of hydrogen-bond donors (Lipinski definition) is 1. The number of benzene rings is 3. The summed E-state index contributed by atoms with van der Waals surface area (Å²) in [6, 6.07) is 20.7. The van der Waals surface area contributed by atoms with Gasteiger partial charge in [-0.15, -0.1) is 0 Å². The topological polar surface area (TPSA) is 49.4 Å². The first-order valence-electron chi connectivity index (χ1n) is 10.2. The molecule has 0 bridgehead atoms.